The molecular weight excluding hydrogens is 334 g/mol. The van der Waals surface area contributed by atoms with E-state index in [0.29, 0.717) is 22.3 Å². The molecule has 4 rings (SSSR count). The van der Waals surface area contributed by atoms with E-state index in [2.05, 4.69) is 31.0 Å². The number of hydrogen-bond donors (Lipinski definition) is 2. The average molecular weight is 347 g/mol. The van der Waals surface area contributed by atoms with Crippen LogP contribution in [-0.4, -0.2) is 36.3 Å². The van der Waals surface area contributed by atoms with Gasteiger partial charge in [-0.15, -0.1) is 5.10 Å². The molecule has 0 aliphatic rings. The summed E-state index contributed by atoms with van der Waals surface area (Å²) in [5.41, 5.74) is 2.19. The van der Waals surface area contributed by atoms with Gasteiger partial charge in [-0.25, -0.2) is 4.68 Å². The van der Waals surface area contributed by atoms with E-state index in [9.17, 15) is 9.59 Å². The van der Waals surface area contributed by atoms with Crippen LogP contribution >= 0.6 is 0 Å². The monoisotopic (exact) mass is 347 g/mol. The molecule has 2 aromatic heterocycles. The van der Waals surface area contributed by atoms with Gasteiger partial charge >= 0.3 is 0 Å². The van der Waals surface area contributed by atoms with Crippen LogP contribution in [0.15, 0.2) is 59.5 Å². The smallest absolute Gasteiger partial charge is 0.278 e. The van der Waals surface area contributed by atoms with Gasteiger partial charge in [0.15, 0.2) is 0 Å². The molecule has 0 radical (unpaired) electrons. The predicted molar refractivity (Wildman–Crippen MR) is 94.2 cm³/mol. The molecule has 0 atom stereocenters. The number of rotatable bonds is 4. The normalized spacial score (nSPS) is 10.8. The van der Waals surface area contributed by atoms with Crippen molar-refractivity contribution in [1.82, 2.24) is 30.4 Å². The van der Waals surface area contributed by atoms with Gasteiger partial charge in [0.05, 0.1) is 11.6 Å². The molecule has 9 nitrogen and oxygen atoms in total. The number of nitrogens with zero attached hydrogens (tertiary/aromatic N) is 5. The third-order valence-corrected chi connectivity index (χ3v) is 3.78. The van der Waals surface area contributed by atoms with Crippen LogP contribution in [0.3, 0.4) is 0 Å². The number of fused-ring (bicyclic) bond motifs is 1. The van der Waals surface area contributed by atoms with Crippen LogP contribution in [0.4, 0.5) is 5.69 Å². The third kappa shape index (κ3) is 3.05. The number of hydrogen-bond acceptors (Lipinski definition) is 6. The molecular formula is C17H13N7O2. The molecule has 2 heterocycles. The summed E-state index contributed by atoms with van der Waals surface area (Å²) in [6, 6.07) is 14.0. The maximum absolute atomic E-state index is 12.4. The SMILES string of the molecule is O=C(Cn1nnc2ccccc2c1=O)Nc1cccc(-c2cn[nH]n2)c1. The lowest BCUT2D eigenvalue weighted by Gasteiger charge is -2.07. The van der Waals surface area contributed by atoms with Gasteiger partial charge in [-0.3, -0.25) is 9.59 Å². The Hall–Kier alpha value is -3.88. The molecule has 26 heavy (non-hydrogen) atoms. The molecule has 1 amide bonds. The predicted octanol–water partition coefficient (Wildman–Crippen LogP) is 1.22. The van der Waals surface area contributed by atoms with Crippen molar-refractivity contribution in [2.75, 3.05) is 5.32 Å². The fourth-order valence-corrected chi connectivity index (χ4v) is 2.56. The van der Waals surface area contributed by atoms with Crippen LogP contribution in [0.5, 0.6) is 0 Å². The number of H-pyrrole nitrogens is 1. The summed E-state index contributed by atoms with van der Waals surface area (Å²) in [5, 5.41) is 21.3. The molecule has 9 heteroatoms. The highest BCUT2D eigenvalue weighted by atomic mass is 16.2. The molecule has 128 valence electrons. The highest BCUT2D eigenvalue weighted by molar-refractivity contribution is 5.91. The lowest BCUT2D eigenvalue weighted by atomic mass is 10.1. The number of amides is 1. The first-order valence-corrected chi connectivity index (χ1v) is 7.79. The summed E-state index contributed by atoms with van der Waals surface area (Å²) in [6.07, 6.45) is 1.59. The zero-order valence-electron chi connectivity index (χ0n) is 13.5. The van der Waals surface area contributed by atoms with Crippen molar-refractivity contribution in [3.63, 3.8) is 0 Å². The van der Waals surface area contributed by atoms with Crippen LogP contribution in [0.1, 0.15) is 0 Å². The summed E-state index contributed by atoms with van der Waals surface area (Å²) in [4.78, 5) is 24.7. The summed E-state index contributed by atoms with van der Waals surface area (Å²) in [6.45, 7) is -0.231. The Morgan fingerprint density at radius 2 is 2.04 bits per heavy atom. The lowest BCUT2D eigenvalue weighted by molar-refractivity contribution is -0.117. The number of nitrogens with one attached hydrogen (secondary N) is 2. The minimum atomic E-state index is -0.381. The molecule has 4 aromatic rings. The van der Waals surface area contributed by atoms with Gasteiger partial charge in [0.2, 0.25) is 5.91 Å². The van der Waals surface area contributed by atoms with Gasteiger partial charge in [-0.05, 0) is 24.3 Å². The first kappa shape index (κ1) is 15.6. The Labute approximate surface area is 146 Å². The standard InChI is InChI=1S/C17H13N7O2/c25-16(10-24-17(26)13-6-1-2-7-14(13)21-23-24)19-12-5-3-4-11(8-12)15-9-18-22-20-15/h1-9H,10H2,(H,19,25)(H,18,20,22). The number of carbonyl (C=O) groups excluding carboxylic acids is 1. The van der Waals surface area contributed by atoms with Crippen molar-refractivity contribution in [3.8, 4) is 11.3 Å². The van der Waals surface area contributed by atoms with Crippen molar-refractivity contribution >= 4 is 22.5 Å². The van der Waals surface area contributed by atoms with Crippen LogP contribution in [-0.2, 0) is 11.3 Å². The molecule has 0 aliphatic heterocycles. The minimum absolute atomic E-state index is 0.231. The number of anilines is 1. The van der Waals surface area contributed by atoms with E-state index < -0.39 is 0 Å². The molecule has 0 bridgehead atoms. The van der Waals surface area contributed by atoms with E-state index in [4.69, 9.17) is 0 Å². The Morgan fingerprint density at radius 1 is 1.15 bits per heavy atom. The van der Waals surface area contributed by atoms with Gasteiger partial charge in [0, 0.05) is 11.3 Å². The second-order valence-electron chi connectivity index (χ2n) is 5.55. The fraction of sp³-hybridized carbons (Fsp3) is 0.0588. The largest absolute Gasteiger partial charge is 0.324 e. The van der Waals surface area contributed by atoms with Crippen molar-refractivity contribution in [2.24, 2.45) is 0 Å². The van der Waals surface area contributed by atoms with E-state index in [0.717, 1.165) is 10.2 Å². The number of benzene rings is 2. The summed E-state index contributed by atoms with van der Waals surface area (Å²) in [7, 11) is 0. The van der Waals surface area contributed by atoms with Gasteiger partial charge in [0.25, 0.3) is 5.56 Å². The van der Waals surface area contributed by atoms with Gasteiger partial charge in [0.1, 0.15) is 17.8 Å². The molecule has 0 aliphatic carbocycles. The van der Waals surface area contributed by atoms with E-state index in [1.807, 2.05) is 6.07 Å². The summed E-state index contributed by atoms with van der Waals surface area (Å²) in [5.74, 6) is -0.381. The van der Waals surface area contributed by atoms with E-state index >= 15 is 0 Å². The molecule has 2 aromatic carbocycles. The summed E-state index contributed by atoms with van der Waals surface area (Å²) < 4.78 is 1.04. The van der Waals surface area contributed by atoms with Gasteiger partial charge in [-0.1, -0.05) is 29.5 Å². The van der Waals surface area contributed by atoms with E-state index in [1.165, 1.54) is 0 Å². The van der Waals surface area contributed by atoms with E-state index in [-0.39, 0.29) is 18.0 Å². The topological polar surface area (TPSA) is 118 Å². The van der Waals surface area contributed by atoms with Crippen LogP contribution < -0.4 is 10.9 Å². The molecule has 0 fully saturated rings. The zero-order valence-corrected chi connectivity index (χ0v) is 13.5. The van der Waals surface area contributed by atoms with Gasteiger partial charge < -0.3 is 5.32 Å². The summed E-state index contributed by atoms with van der Waals surface area (Å²) >= 11 is 0. The third-order valence-electron chi connectivity index (χ3n) is 3.78. The van der Waals surface area contributed by atoms with E-state index in [1.54, 1.807) is 48.7 Å². The number of aromatic nitrogens is 6. The number of aromatic amines is 1. The highest BCUT2D eigenvalue weighted by Crippen LogP contribution is 2.19. The van der Waals surface area contributed by atoms with Crippen LogP contribution in [0, 0.1) is 0 Å². The Kier molecular flexibility index (Phi) is 3.94. The maximum Gasteiger partial charge on any atom is 0.278 e. The molecule has 0 saturated carbocycles. The molecule has 0 unspecified atom stereocenters. The lowest BCUT2D eigenvalue weighted by Crippen LogP contribution is -2.30. The second kappa shape index (κ2) is 6.55. The Morgan fingerprint density at radius 3 is 2.88 bits per heavy atom. The zero-order chi connectivity index (χ0) is 17.9. The van der Waals surface area contributed by atoms with Crippen molar-refractivity contribution < 1.29 is 4.79 Å². The van der Waals surface area contributed by atoms with Crippen LogP contribution in [0.25, 0.3) is 22.2 Å². The Balaban J connectivity index is 1.54. The second-order valence-corrected chi connectivity index (χ2v) is 5.55. The molecule has 0 spiro atoms. The van der Waals surface area contributed by atoms with Crippen molar-refractivity contribution in [2.45, 2.75) is 6.54 Å². The van der Waals surface area contributed by atoms with Crippen molar-refractivity contribution in [1.29, 1.82) is 0 Å². The number of carbonyl (C=O) groups is 1. The Bertz CT molecular complexity index is 1140. The maximum atomic E-state index is 12.4. The van der Waals surface area contributed by atoms with Crippen molar-refractivity contribution in [3.05, 3.63) is 65.1 Å². The fourth-order valence-electron chi connectivity index (χ4n) is 2.56. The molecule has 0 saturated heterocycles. The first-order valence-electron chi connectivity index (χ1n) is 7.79. The minimum Gasteiger partial charge on any atom is -0.324 e. The quantitative estimate of drug-likeness (QED) is 0.573. The van der Waals surface area contributed by atoms with Gasteiger partial charge in [-0.2, -0.15) is 15.4 Å². The molecule has 2 N–H and O–H groups in total. The van der Waals surface area contributed by atoms with Crippen LogP contribution in [0.2, 0.25) is 0 Å². The average Bonchev–Trinajstić information content (AvgIpc) is 3.19. The highest BCUT2D eigenvalue weighted by Gasteiger charge is 2.10. The first-order chi connectivity index (χ1) is 12.7.